The van der Waals surface area contributed by atoms with E-state index in [0.29, 0.717) is 17.9 Å². The predicted octanol–water partition coefficient (Wildman–Crippen LogP) is 2.34. The predicted molar refractivity (Wildman–Crippen MR) is 85.3 cm³/mol. The number of ether oxygens (including phenoxy) is 1. The summed E-state index contributed by atoms with van der Waals surface area (Å²) in [5.41, 5.74) is 0.655. The molecule has 0 aromatic carbocycles. The maximum absolute atomic E-state index is 12.4. The lowest BCUT2D eigenvalue weighted by Crippen LogP contribution is -2.35. The van der Waals surface area contributed by atoms with Gasteiger partial charge >= 0.3 is 5.97 Å². The van der Waals surface area contributed by atoms with Gasteiger partial charge in [0.15, 0.2) is 0 Å². The van der Waals surface area contributed by atoms with Crippen molar-refractivity contribution in [2.75, 3.05) is 5.32 Å². The van der Waals surface area contributed by atoms with Crippen LogP contribution in [-0.2, 0) is 20.9 Å². The van der Waals surface area contributed by atoms with Crippen LogP contribution in [0.25, 0.3) is 0 Å². The zero-order valence-electron chi connectivity index (χ0n) is 13.7. The zero-order valence-corrected chi connectivity index (χ0v) is 13.7. The molecule has 7 nitrogen and oxygen atoms in total. The van der Waals surface area contributed by atoms with E-state index in [0.717, 1.165) is 25.7 Å². The van der Waals surface area contributed by atoms with Gasteiger partial charge in [-0.3, -0.25) is 9.59 Å². The number of carboxylic acid groups (broad SMARTS) is 1. The molecule has 1 saturated carbocycles. The van der Waals surface area contributed by atoms with Crippen LogP contribution >= 0.6 is 0 Å². The molecular weight excluding hydrogens is 298 g/mol. The number of amides is 1. The van der Waals surface area contributed by atoms with Gasteiger partial charge in [-0.1, -0.05) is 26.2 Å². The molecule has 23 heavy (non-hydrogen) atoms. The highest BCUT2D eigenvalue weighted by Crippen LogP contribution is 2.22. The molecule has 1 aromatic rings. The first-order chi connectivity index (χ1) is 11.0. The first-order valence-electron chi connectivity index (χ1n) is 8.22. The van der Waals surface area contributed by atoms with Crippen molar-refractivity contribution in [1.82, 2.24) is 9.78 Å². The van der Waals surface area contributed by atoms with Crippen LogP contribution < -0.4 is 5.32 Å². The van der Waals surface area contributed by atoms with Gasteiger partial charge in [0.2, 0.25) is 0 Å². The average molecular weight is 323 g/mol. The van der Waals surface area contributed by atoms with E-state index >= 15 is 0 Å². The number of hydrogen-bond donors (Lipinski definition) is 2. The lowest BCUT2D eigenvalue weighted by molar-refractivity contribution is -0.138. The zero-order chi connectivity index (χ0) is 16.8. The Hall–Kier alpha value is -1.89. The Bertz CT molecular complexity index is 550. The Morgan fingerprint density at radius 2 is 2.13 bits per heavy atom. The highest BCUT2D eigenvalue weighted by Gasteiger charge is 2.24. The third-order valence-corrected chi connectivity index (χ3v) is 4.01. The number of carbonyl (C=O) groups excluding carboxylic acids is 1. The molecular formula is C16H25N3O4. The van der Waals surface area contributed by atoms with Gasteiger partial charge in [0.05, 0.1) is 11.8 Å². The molecule has 0 radical (unpaired) electrons. The topological polar surface area (TPSA) is 93.5 Å². The maximum atomic E-state index is 12.4. The van der Waals surface area contributed by atoms with Crippen LogP contribution in [0.1, 0.15) is 51.1 Å². The van der Waals surface area contributed by atoms with Crippen molar-refractivity contribution in [2.45, 2.75) is 71.1 Å². The number of aromatic nitrogens is 2. The number of hydrogen-bond acceptors (Lipinski definition) is 4. The summed E-state index contributed by atoms with van der Waals surface area (Å²) in [4.78, 5) is 23.3. The minimum absolute atomic E-state index is 0.144. The fraction of sp³-hybridized carbons (Fsp3) is 0.688. The molecule has 0 spiro atoms. The first-order valence-corrected chi connectivity index (χ1v) is 8.22. The van der Waals surface area contributed by atoms with Crippen molar-refractivity contribution < 1.29 is 19.4 Å². The Labute approximate surface area is 136 Å². The molecule has 0 bridgehead atoms. The van der Waals surface area contributed by atoms with E-state index in [1.807, 2.05) is 6.92 Å². The normalized spacial score (nSPS) is 17.0. The van der Waals surface area contributed by atoms with Crippen LogP contribution in [0.2, 0.25) is 0 Å². The largest absolute Gasteiger partial charge is 0.480 e. The summed E-state index contributed by atoms with van der Waals surface area (Å²) in [5, 5.41) is 15.7. The number of carbonyl (C=O) groups is 2. The summed E-state index contributed by atoms with van der Waals surface area (Å²) in [6, 6.07) is 1.66. The van der Waals surface area contributed by atoms with Gasteiger partial charge in [-0.25, -0.2) is 4.68 Å². The summed E-state index contributed by atoms with van der Waals surface area (Å²) in [6.45, 7) is 3.38. The summed E-state index contributed by atoms with van der Waals surface area (Å²) >= 11 is 0. The minimum atomic E-state index is -1.01. The Morgan fingerprint density at radius 1 is 1.43 bits per heavy atom. The maximum Gasteiger partial charge on any atom is 0.325 e. The number of carboxylic acids is 1. The molecule has 0 aliphatic heterocycles. The van der Waals surface area contributed by atoms with Gasteiger partial charge in [0.1, 0.15) is 18.5 Å². The molecule has 1 atom stereocenters. The molecule has 2 N–H and O–H groups in total. The van der Waals surface area contributed by atoms with Crippen LogP contribution in [0.5, 0.6) is 0 Å². The third kappa shape index (κ3) is 5.06. The monoisotopic (exact) mass is 323 g/mol. The standard InChI is InChI=1S/C16H25N3O4/c1-3-13(23-12-7-5-4-6-8-12)16(22)17-14-9-11(2)18-19(14)10-15(20)21/h9,12-13H,3-8,10H2,1-2H3,(H,17,22)(H,20,21). The van der Waals surface area contributed by atoms with Crippen LogP contribution in [0, 0.1) is 6.92 Å². The molecule has 128 valence electrons. The van der Waals surface area contributed by atoms with Gasteiger partial charge in [-0.05, 0) is 26.2 Å². The quantitative estimate of drug-likeness (QED) is 0.803. The SMILES string of the molecule is CCC(OC1CCCCC1)C(=O)Nc1cc(C)nn1CC(=O)O. The molecule has 1 heterocycles. The third-order valence-electron chi connectivity index (χ3n) is 4.01. The second-order valence-electron chi connectivity index (χ2n) is 6.00. The molecule has 1 aromatic heterocycles. The Morgan fingerprint density at radius 3 is 2.74 bits per heavy atom. The molecule has 1 aliphatic carbocycles. The van der Waals surface area contributed by atoms with Crippen molar-refractivity contribution >= 4 is 17.7 Å². The second-order valence-corrected chi connectivity index (χ2v) is 6.00. The number of nitrogens with zero attached hydrogens (tertiary/aromatic N) is 2. The van der Waals surface area contributed by atoms with Crippen molar-refractivity contribution in [3.8, 4) is 0 Å². The van der Waals surface area contributed by atoms with Gasteiger partial charge in [0, 0.05) is 6.07 Å². The summed E-state index contributed by atoms with van der Waals surface area (Å²) in [6.07, 6.45) is 5.72. The summed E-state index contributed by atoms with van der Waals surface area (Å²) in [7, 11) is 0. The Kier molecular flexibility index (Phi) is 6.15. The van der Waals surface area contributed by atoms with E-state index in [1.165, 1.54) is 11.1 Å². The number of anilines is 1. The van der Waals surface area contributed by atoms with Crippen LogP contribution in [-0.4, -0.2) is 39.0 Å². The molecule has 1 aliphatic rings. The van der Waals surface area contributed by atoms with Crippen molar-refractivity contribution in [3.05, 3.63) is 11.8 Å². The highest BCUT2D eigenvalue weighted by molar-refractivity contribution is 5.93. The van der Waals surface area contributed by atoms with E-state index in [-0.39, 0.29) is 18.6 Å². The molecule has 1 fully saturated rings. The van der Waals surface area contributed by atoms with E-state index in [2.05, 4.69) is 10.4 Å². The fourth-order valence-corrected chi connectivity index (χ4v) is 2.88. The minimum Gasteiger partial charge on any atom is -0.480 e. The van der Waals surface area contributed by atoms with E-state index in [1.54, 1.807) is 13.0 Å². The van der Waals surface area contributed by atoms with Gasteiger partial charge in [0.25, 0.3) is 5.91 Å². The second kappa shape index (κ2) is 8.10. The van der Waals surface area contributed by atoms with Gasteiger partial charge in [-0.15, -0.1) is 0 Å². The van der Waals surface area contributed by atoms with Crippen molar-refractivity contribution in [2.24, 2.45) is 0 Å². The molecule has 1 unspecified atom stereocenters. The highest BCUT2D eigenvalue weighted by atomic mass is 16.5. The summed E-state index contributed by atoms with van der Waals surface area (Å²) in [5.74, 6) is -0.862. The van der Waals surface area contributed by atoms with Crippen molar-refractivity contribution in [1.29, 1.82) is 0 Å². The number of aryl methyl sites for hydroxylation is 1. The van der Waals surface area contributed by atoms with Gasteiger partial charge < -0.3 is 15.2 Å². The smallest absolute Gasteiger partial charge is 0.325 e. The Balaban J connectivity index is 1.99. The molecule has 7 heteroatoms. The lowest BCUT2D eigenvalue weighted by Gasteiger charge is -2.26. The lowest BCUT2D eigenvalue weighted by atomic mass is 9.97. The van der Waals surface area contributed by atoms with Gasteiger partial charge in [-0.2, -0.15) is 5.10 Å². The molecule has 2 rings (SSSR count). The van der Waals surface area contributed by atoms with E-state index in [9.17, 15) is 9.59 Å². The molecule has 1 amide bonds. The van der Waals surface area contributed by atoms with Crippen molar-refractivity contribution in [3.63, 3.8) is 0 Å². The summed E-state index contributed by atoms with van der Waals surface area (Å²) < 4.78 is 7.22. The first kappa shape index (κ1) is 17.5. The number of rotatable bonds is 7. The number of nitrogens with one attached hydrogen (secondary N) is 1. The number of aliphatic carboxylic acids is 1. The van der Waals surface area contributed by atoms with Crippen LogP contribution in [0.4, 0.5) is 5.82 Å². The average Bonchev–Trinajstić information content (AvgIpc) is 2.84. The van der Waals surface area contributed by atoms with Crippen LogP contribution in [0.3, 0.4) is 0 Å². The van der Waals surface area contributed by atoms with E-state index in [4.69, 9.17) is 9.84 Å². The molecule has 0 saturated heterocycles. The van der Waals surface area contributed by atoms with E-state index < -0.39 is 12.1 Å². The fourth-order valence-electron chi connectivity index (χ4n) is 2.88. The van der Waals surface area contributed by atoms with Crippen LogP contribution in [0.15, 0.2) is 6.07 Å².